The van der Waals surface area contributed by atoms with E-state index in [2.05, 4.69) is 10.4 Å². The Balaban J connectivity index is 1.49. The molecule has 8 heteroatoms. The highest BCUT2D eigenvalue weighted by molar-refractivity contribution is 6.37. The Bertz CT molecular complexity index is 1350. The normalized spacial score (nSPS) is 14.1. The van der Waals surface area contributed by atoms with Crippen molar-refractivity contribution in [2.24, 2.45) is 5.10 Å². The molecule has 0 bridgehead atoms. The largest absolute Gasteiger partial charge is 0.490 e. The third kappa shape index (κ3) is 5.75. The Morgan fingerprint density at radius 3 is 2.50 bits per heavy atom. The van der Waals surface area contributed by atoms with Crippen LogP contribution in [0, 0.1) is 6.92 Å². The molecule has 0 aliphatic carbocycles. The number of anilines is 2. The van der Waals surface area contributed by atoms with Crippen LogP contribution in [-0.2, 0) is 9.59 Å². The van der Waals surface area contributed by atoms with Gasteiger partial charge in [-0.05, 0) is 68.8 Å². The third-order valence-electron chi connectivity index (χ3n) is 5.42. The molecule has 0 unspecified atom stereocenters. The number of nitrogens with one attached hydrogen (secondary N) is 1. The molecule has 3 aromatic carbocycles. The molecule has 0 radical (unpaired) electrons. The van der Waals surface area contributed by atoms with Gasteiger partial charge in [-0.3, -0.25) is 9.59 Å². The number of amides is 2. The zero-order valence-corrected chi connectivity index (χ0v) is 21.0. The first kappa shape index (κ1) is 25.0. The summed E-state index contributed by atoms with van der Waals surface area (Å²) >= 11 is 6.26. The molecule has 1 heterocycles. The molecule has 0 fully saturated rings. The molecule has 0 saturated carbocycles. The number of hydrogen-bond donors (Lipinski definition) is 1. The van der Waals surface area contributed by atoms with Gasteiger partial charge in [-0.2, -0.15) is 10.1 Å². The number of hydrogen-bond acceptors (Lipinski definition) is 5. The summed E-state index contributed by atoms with van der Waals surface area (Å²) in [5.41, 5.74) is 4.08. The van der Waals surface area contributed by atoms with Gasteiger partial charge in [-0.15, -0.1) is 0 Å². The minimum absolute atomic E-state index is 0.175. The second-order valence-electron chi connectivity index (χ2n) is 8.15. The molecule has 0 saturated heterocycles. The van der Waals surface area contributed by atoms with Crippen LogP contribution in [0.2, 0.25) is 5.02 Å². The topological polar surface area (TPSA) is 80.2 Å². The van der Waals surface area contributed by atoms with Gasteiger partial charge >= 0.3 is 0 Å². The summed E-state index contributed by atoms with van der Waals surface area (Å²) in [5.74, 6) is 0.346. The van der Waals surface area contributed by atoms with Gasteiger partial charge in [0.05, 0.1) is 28.6 Å². The Kier molecular flexibility index (Phi) is 7.71. The zero-order chi connectivity index (χ0) is 25.7. The molecule has 184 valence electrons. The van der Waals surface area contributed by atoms with Gasteiger partial charge in [-0.1, -0.05) is 47.5 Å². The first-order valence-electron chi connectivity index (χ1n) is 11.5. The molecule has 1 aliphatic heterocycles. The molecule has 0 aromatic heterocycles. The lowest BCUT2D eigenvalue weighted by Gasteiger charge is -2.14. The predicted octanol–water partition coefficient (Wildman–Crippen LogP) is 5.87. The van der Waals surface area contributed by atoms with Gasteiger partial charge in [0, 0.05) is 5.69 Å². The summed E-state index contributed by atoms with van der Waals surface area (Å²) in [4.78, 5) is 25.4. The summed E-state index contributed by atoms with van der Waals surface area (Å²) in [5, 5.41) is 8.94. The van der Waals surface area contributed by atoms with Gasteiger partial charge in [0.2, 0.25) is 0 Å². The second-order valence-corrected chi connectivity index (χ2v) is 8.56. The molecule has 7 nitrogen and oxygen atoms in total. The van der Waals surface area contributed by atoms with Gasteiger partial charge in [-0.25, -0.2) is 0 Å². The molecule has 1 aliphatic rings. The lowest BCUT2D eigenvalue weighted by molar-refractivity contribution is -0.118. The highest BCUT2D eigenvalue weighted by Gasteiger charge is 2.29. The van der Waals surface area contributed by atoms with E-state index in [4.69, 9.17) is 21.1 Å². The molecular weight excluding hydrogens is 478 g/mol. The molecule has 36 heavy (non-hydrogen) atoms. The van der Waals surface area contributed by atoms with Crippen molar-refractivity contribution < 1.29 is 19.1 Å². The van der Waals surface area contributed by atoms with E-state index in [0.717, 1.165) is 11.1 Å². The van der Waals surface area contributed by atoms with Gasteiger partial charge in [0.15, 0.2) is 18.1 Å². The predicted molar refractivity (Wildman–Crippen MR) is 143 cm³/mol. The van der Waals surface area contributed by atoms with Crippen molar-refractivity contribution in [3.05, 3.63) is 88.5 Å². The fraction of sp³-hybridized carbons (Fsp3) is 0.179. The van der Waals surface area contributed by atoms with E-state index >= 15 is 0 Å². The van der Waals surface area contributed by atoms with Crippen LogP contribution in [0.5, 0.6) is 11.5 Å². The van der Waals surface area contributed by atoms with E-state index in [9.17, 15) is 9.59 Å². The Morgan fingerprint density at radius 2 is 1.78 bits per heavy atom. The van der Waals surface area contributed by atoms with Crippen molar-refractivity contribution >= 4 is 46.6 Å². The van der Waals surface area contributed by atoms with Crippen LogP contribution in [0.1, 0.15) is 25.0 Å². The lowest BCUT2D eigenvalue weighted by atomic mass is 10.1. The monoisotopic (exact) mass is 503 g/mol. The quantitative estimate of drug-likeness (QED) is 0.390. The lowest BCUT2D eigenvalue weighted by Crippen LogP contribution is -2.21. The first-order valence-corrected chi connectivity index (χ1v) is 11.9. The molecular formula is C28H26ClN3O4. The van der Waals surface area contributed by atoms with Gasteiger partial charge < -0.3 is 14.8 Å². The summed E-state index contributed by atoms with van der Waals surface area (Å²) in [7, 11) is 0. The summed E-state index contributed by atoms with van der Waals surface area (Å²) in [6.45, 7) is 5.85. The van der Waals surface area contributed by atoms with Crippen molar-refractivity contribution in [2.45, 2.75) is 20.8 Å². The van der Waals surface area contributed by atoms with Crippen LogP contribution >= 0.6 is 11.6 Å². The highest BCUT2D eigenvalue weighted by atomic mass is 35.5. The molecule has 3 aromatic rings. The average Bonchev–Trinajstić information content (AvgIpc) is 3.13. The van der Waals surface area contributed by atoms with Crippen molar-refractivity contribution in [1.29, 1.82) is 0 Å². The standard InChI is InChI=1S/C28H26ClN3O4/c1-4-35-26-16-20(11-14-25(26)36-17-27(33)30-21-12-9-18(2)10-13-21)15-22-19(3)31-32(28(22)34)24-8-6-5-7-23(24)29/h5-16H,4,17H2,1-3H3,(H,30,33)/b22-15+. The zero-order valence-electron chi connectivity index (χ0n) is 20.2. The summed E-state index contributed by atoms with van der Waals surface area (Å²) < 4.78 is 11.5. The Morgan fingerprint density at radius 1 is 1.03 bits per heavy atom. The number of benzene rings is 3. The molecule has 2 amide bonds. The van der Waals surface area contributed by atoms with Gasteiger partial charge in [0.1, 0.15) is 0 Å². The van der Waals surface area contributed by atoms with Crippen molar-refractivity contribution in [3.8, 4) is 11.5 Å². The van der Waals surface area contributed by atoms with Gasteiger partial charge in [0.25, 0.3) is 11.8 Å². The molecule has 1 N–H and O–H groups in total. The maximum atomic E-state index is 13.1. The first-order chi connectivity index (χ1) is 17.4. The number of nitrogens with zero attached hydrogens (tertiary/aromatic N) is 2. The van der Waals surface area contributed by atoms with E-state index in [-0.39, 0.29) is 18.4 Å². The number of carbonyl (C=O) groups is 2. The van der Waals surface area contributed by atoms with E-state index in [1.807, 2.05) is 38.1 Å². The van der Waals surface area contributed by atoms with E-state index in [0.29, 0.717) is 45.8 Å². The Labute approximate surface area is 215 Å². The SMILES string of the molecule is CCOc1cc(/C=C2/C(=O)N(c3ccccc3Cl)N=C2C)ccc1OCC(=O)Nc1ccc(C)cc1. The van der Waals surface area contributed by atoms with Crippen LogP contribution in [-0.4, -0.2) is 30.7 Å². The number of para-hydroxylation sites is 1. The number of hydrazone groups is 1. The van der Waals surface area contributed by atoms with E-state index in [1.165, 1.54) is 5.01 Å². The van der Waals surface area contributed by atoms with Crippen LogP contribution < -0.4 is 19.8 Å². The fourth-order valence-corrected chi connectivity index (χ4v) is 3.83. The number of carbonyl (C=O) groups excluding carboxylic acids is 2. The molecule has 0 spiro atoms. The van der Waals surface area contributed by atoms with Crippen LogP contribution in [0.3, 0.4) is 0 Å². The Hall–Kier alpha value is -4.10. The van der Waals surface area contributed by atoms with Crippen molar-refractivity contribution in [1.82, 2.24) is 0 Å². The maximum Gasteiger partial charge on any atom is 0.280 e. The number of rotatable bonds is 8. The molecule has 4 rings (SSSR count). The van der Waals surface area contributed by atoms with E-state index < -0.39 is 0 Å². The van der Waals surface area contributed by atoms with Crippen LogP contribution in [0.4, 0.5) is 11.4 Å². The smallest absolute Gasteiger partial charge is 0.280 e. The van der Waals surface area contributed by atoms with E-state index in [1.54, 1.807) is 55.5 Å². The van der Waals surface area contributed by atoms with Crippen molar-refractivity contribution in [2.75, 3.05) is 23.5 Å². The minimum Gasteiger partial charge on any atom is -0.490 e. The minimum atomic E-state index is -0.282. The maximum absolute atomic E-state index is 13.1. The average molecular weight is 504 g/mol. The summed E-state index contributed by atoms with van der Waals surface area (Å²) in [6, 6.07) is 19.8. The number of halogens is 1. The number of aryl methyl sites for hydroxylation is 1. The number of ether oxygens (including phenoxy) is 2. The third-order valence-corrected chi connectivity index (χ3v) is 5.74. The van der Waals surface area contributed by atoms with Crippen LogP contribution in [0.15, 0.2) is 77.4 Å². The van der Waals surface area contributed by atoms with Crippen molar-refractivity contribution in [3.63, 3.8) is 0 Å². The molecule has 0 atom stereocenters. The fourth-order valence-electron chi connectivity index (χ4n) is 3.62. The van der Waals surface area contributed by atoms with Crippen LogP contribution in [0.25, 0.3) is 6.08 Å². The summed E-state index contributed by atoms with van der Waals surface area (Å²) in [6.07, 6.45) is 1.74. The highest BCUT2D eigenvalue weighted by Crippen LogP contribution is 2.33. The second kappa shape index (κ2) is 11.1.